The van der Waals surface area contributed by atoms with Crippen LogP contribution in [0, 0.1) is 0 Å². The minimum atomic E-state index is -0.0855. The Morgan fingerprint density at radius 3 is 2.43 bits per heavy atom. The summed E-state index contributed by atoms with van der Waals surface area (Å²) in [6, 6.07) is 13.3. The molecule has 2 aromatic rings. The van der Waals surface area contributed by atoms with Gasteiger partial charge in [0.1, 0.15) is 0 Å². The molecule has 0 radical (unpaired) electrons. The summed E-state index contributed by atoms with van der Waals surface area (Å²) in [6.45, 7) is 4.57. The zero-order valence-corrected chi connectivity index (χ0v) is 18.0. The van der Waals surface area contributed by atoms with Gasteiger partial charge >= 0.3 is 0 Å². The zero-order chi connectivity index (χ0) is 21.1. The smallest absolute Gasteiger partial charge is 0.228 e. The van der Waals surface area contributed by atoms with E-state index in [2.05, 4.69) is 22.2 Å². The molecule has 2 aliphatic heterocycles. The third-order valence-corrected chi connectivity index (χ3v) is 6.00. The largest absolute Gasteiger partial charge is 0.367 e. The SMILES string of the molecule is CN1CCN(c2ccc(Cl)cc2NC(=O)Cc2ccc(N3CCCC3=O)cc2)CC1. The molecule has 2 heterocycles. The Balaban J connectivity index is 1.42. The Morgan fingerprint density at radius 2 is 1.77 bits per heavy atom. The van der Waals surface area contributed by atoms with Gasteiger partial charge in [-0.2, -0.15) is 0 Å². The van der Waals surface area contributed by atoms with Crippen LogP contribution in [-0.4, -0.2) is 56.5 Å². The van der Waals surface area contributed by atoms with E-state index < -0.39 is 0 Å². The number of nitrogens with one attached hydrogen (secondary N) is 1. The van der Waals surface area contributed by atoms with E-state index >= 15 is 0 Å². The first-order valence-electron chi connectivity index (χ1n) is 10.4. The van der Waals surface area contributed by atoms with Crippen LogP contribution in [0.2, 0.25) is 5.02 Å². The van der Waals surface area contributed by atoms with E-state index in [1.54, 1.807) is 4.90 Å². The summed E-state index contributed by atoms with van der Waals surface area (Å²) >= 11 is 6.20. The van der Waals surface area contributed by atoms with Gasteiger partial charge in [-0.3, -0.25) is 9.59 Å². The van der Waals surface area contributed by atoms with Gasteiger partial charge < -0.3 is 20.0 Å². The molecule has 4 rings (SSSR count). The van der Waals surface area contributed by atoms with Crippen LogP contribution in [0.1, 0.15) is 18.4 Å². The van der Waals surface area contributed by atoms with E-state index in [0.29, 0.717) is 11.4 Å². The molecular formula is C23H27ClN4O2. The van der Waals surface area contributed by atoms with Gasteiger partial charge in [0, 0.05) is 49.9 Å². The average Bonchev–Trinajstić information content (AvgIpc) is 3.15. The zero-order valence-electron chi connectivity index (χ0n) is 17.2. The number of nitrogens with zero attached hydrogens (tertiary/aromatic N) is 3. The van der Waals surface area contributed by atoms with Gasteiger partial charge in [0.25, 0.3) is 0 Å². The number of hydrogen-bond donors (Lipinski definition) is 1. The normalized spacial score (nSPS) is 17.5. The van der Waals surface area contributed by atoms with Crippen molar-refractivity contribution >= 4 is 40.5 Å². The van der Waals surface area contributed by atoms with Crippen LogP contribution in [0.5, 0.6) is 0 Å². The highest BCUT2D eigenvalue weighted by molar-refractivity contribution is 6.31. The summed E-state index contributed by atoms with van der Waals surface area (Å²) in [5.74, 6) is 0.0792. The molecular weight excluding hydrogens is 400 g/mol. The maximum Gasteiger partial charge on any atom is 0.228 e. The monoisotopic (exact) mass is 426 g/mol. The van der Waals surface area contributed by atoms with Crippen molar-refractivity contribution < 1.29 is 9.59 Å². The van der Waals surface area contributed by atoms with Gasteiger partial charge in [-0.25, -0.2) is 0 Å². The molecule has 0 aromatic heterocycles. The molecule has 0 saturated carbocycles. The minimum absolute atomic E-state index is 0.0855. The van der Waals surface area contributed by atoms with Crippen molar-refractivity contribution in [2.24, 2.45) is 0 Å². The molecule has 158 valence electrons. The lowest BCUT2D eigenvalue weighted by Crippen LogP contribution is -2.44. The maximum atomic E-state index is 12.7. The molecule has 2 aliphatic rings. The van der Waals surface area contributed by atoms with E-state index in [1.165, 1.54) is 0 Å². The number of anilines is 3. The minimum Gasteiger partial charge on any atom is -0.367 e. The van der Waals surface area contributed by atoms with Gasteiger partial charge in [0.05, 0.1) is 17.8 Å². The van der Waals surface area contributed by atoms with Gasteiger partial charge in [0.15, 0.2) is 0 Å². The lowest BCUT2D eigenvalue weighted by Gasteiger charge is -2.35. The van der Waals surface area contributed by atoms with Crippen LogP contribution >= 0.6 is 11.6 Å². The van der Waals surface area contributed by atoms with Crippen molar-refractivity contribution in [3.05, 3.63) is 53.1 Å². The molecule has 0 aliphatic carbocycles. The number of amides is 2. The van der Waals surface area contributed by atoms with Crippen LogP contribution in [-0.2, 0) is 16.0 Å². The maximum absolute atomic E-state index is 12.7. The fourth-order valence-corrected chi connectivity index (χ4v) is 4.20. The molecule has 0 bridgehead atoms. The molecule has 2 saturated heterocycles. The average molecular weight is 427 g/mol. The van der Waals surface area contributed by atoms with E-state index in [1.807, 2.05) is 42.5 Å². The number of hydrogen-bond acceptors (Lipinski definition) is 4. The van der Waals surface area contributed by atoms with Crippen LogP contribution in [0.4, 0.5) is 17.1 Å². The second-order valence-electron chi connectivity index (χ2n) is 7.99. The summed E-state index contributed by atoms with van der Waals surface area (Å²) < 4.78 is 0. The summed E-state index contributed by atoms with van der Waals surface area (Å²) in [5.41, 5.74) is 3.56. The number of rotatable bonds is 5. The number of piperazine rings is 1. The molecule has 2 aromatic carbocycles. The standard InChI is InChI=1S/C23H27ClN4O2/c1-26-11-13-27(14-12-26)21-9-6-18(24)16-20(21)25-22(29)15-17-4-7-19(8-5-17)28-10-2-3-23(28)30/h4-9,16H,2-3,10-15H2,1H3,(H,25,29). The Kier molecular flexibility index (Phi) is 6.25. The first-order chi connectivity index (χ1) is 14.5. The highest BCUT2D eigenvalue weighted by Crippen LogP contribution is 2.30. The fourth-order valence-electron chi connectivity index (χ4n) is 4.03. The predicted molar refractivity (Wildman–Crippen MR) is 122 cm³/mol. The van der Waals surface area contributed by atoms with Gasteiger partial charge in [0.2, 0.25) is 11.8 Å². The summed E-state index contributed by atoms with van der Waals surface area (Å²) in [4.78, 5) is 31.0. The second-order valence-corrected chi connectivity index (χ2v) is 8.43. The first-order valence-corrected chi connectivity index (χ1v) is 10.8. The molecule has 1 N–H and O–H groups in total. The first kappa shape index (κ1) is 20.7. The molecule has 0 unspecified atom stereocenters. The van der Waals surface area contributed by atoms with Crippen LogP contribution in [0.3, 0.4) is 0 Å². The third kappa shape index (κ3) is 4.77. The highest BCUT2D eigenvalue weighted by Gasteiger charge is 2.22. The molecule has 2 fully saturated rings. The third-order valence-electron chi connectivity index (χ3n) is 5.76. The number of likely N-dealkylation sites (N-methyl/N-ethyl adjacent to an activating group) is 1. The van der Waals surface area contributed by atoms with Crippen molar-refractivity contribution in [2.75, 3.05) is 54.9 Å². The molecule has 6 nitrogen and oxygen atoms in total. The highest BCUT2D eigenvalue weighted by atomic mass is 35.5. The number of carbonyl (C=O) groups excluding carboxylic acids is 2. The Labute approximate surface area is 182 Å². The Hall–Kier alpha value is -2.57. The van der Waals surface area contributed by atoms with E-state index in [4.69, 9.17) is 11.6 Å². The summed E-state index contributed by atoms with van der Waals surface area (Å²) in [6.07, 6.45) is 1.78. The van der Waals surface area contributed by atoms with Crippen LogP contribution < -0.4 is 15.1 Å². The van der Waals surface area contributed by atoms with Gasteiger partial charge in [-0.1, -0.05) is 23.7 Å². The van der Waals surface area contributed by atoms with Gasteiger partial charge in [-0.05, 0) is 49.4 Å². The van der Waals surface area contributed by atoms with Crippen molar-refractivity contribution in [2.45, 2.75) is 19.3 Å². The summed E-state index contributed by atoms with van der Waals surface area (Å²) in [5, 5.41) is 3.64. The lowest BCUT2D eigenvalue weighted by atomic mass is 10.1. The van der Waals surface area contributed by atoms with Crippen LogP contribution in [0.15, 0.2) is 42.5 Å². The molecule has 30 heavy (non-hydrogen) atoms. The van der Waals surface area contributed by atoms with Crippen molar-refractivity contribution in [3.8, 4) is 0 Å². The lowest BCUT2D eigenvalue weighted by molar-refractivity contribution is -0.117. The van der Waals surface area contributed by atoms with E-state index in [-0.39, 0.29) is 18.2 Å². The quantitative estimate of drug-likeness (QED) is 0.796. The number of carbonyl (C=O) groups is 2. The van der Waals surface area contributed by atoms with E-state index in [0.717, 1.165) is 61.8 Å². The van der Waals surface area contributed by atoms with Crippen molar-refractivity contribution in [1.29, 1.82) is 0 Å². The number of halogens is 1. The second kappa shape index (κ2) is 9.06. The van der Waals surface area contributed by atoms with Crippen molar-refractivity contribution in [3.63, 3.8) is 0 Å². The topological polar surface area (TPSA) is 55.9 Å². The Morgan fingerprint density at radius 1 is 1.03 bits per heavy atom. The van der Waals surface area contributed by atoms with Crippen molar-refractivity contribution in [1.82, 2.24) is 4.90 Å². The molecule has 0 atom stereocenters. The predicted octanol–water partition coefficient (Wildman–Crippen LogP) is 3.40. The number of benzene rings is 2. The Bertz CT molecular complexity index is 923. The fraction of sp³-hybridized carbons (Fsp3) is 0.391. The molecule has 2 amide bonds. The van der Waals surface area contributed by atoms with E-state index in [9.17, 15) is 9.59 Å². The molecule has 0 spiro atoms. The summed E-state index contributed by atoms with van der Waals surface area (Å²) in [7, 11) is 2.12. The molecule has 7 heteroatoms. The van der Waals surface area contributed by atoms with Crippen LogP contribution in [0.25, 0.3) is 0 Å². The van der Waals surface area contributed by atoms with Gasteiger partial charge in [-0.15, -0.1) is 0 Å².